The normalized spacial score (nSPS) is 10.9. The van der Waals surface area contributed by atoms with Crippen molar-refractivity contribution in [2.75, 3.05) is 5.32 Å². The second kappa shape index (κ2) is 6.95. The number of fused-ring (bicyclic) bond motifs is 1. The molecule has 0 saturated heterocycles. The Morgan fingerprint density at radius 3 is 2.50 bits per heavy atom. The van der Waals surface area contributed by atoms with Crippen molar-refractivity contribution in [3.05, 3.63) is 68.5 Å². The Kier molecular flexibility index (Phi) is 4.71. The summed E-state index contributed by atoms with van der Waals surface area (Å²) < 4.78 is 2.33. The van der Waals surface area contributed by atoms with Crippen molar-refractivity contribution in [1.82, 2.24) is 14.1 Å². The Hall–Kier alpha value is -3.22. The Morgan fingerprint density at radius 2 is 1.81 bits per heavy atom. The molecule has 0 bridgehead atoms. The zero-order valence-corrected chi connectivity index (χ0v) is 14.9. The van der Waals surface area contributed by atoms with Gasteiger partial charge in [0.2, 0.25) is 5.91 Å². The second-order valence-corrected chi connectivity index (χ2v) is 6.33. The van der Waals surface area contributed by atoms with Crippen LogP contribution in [0.4, 0.5) is 5.69 Å². The van der Waals surface area contributed by atoms with Gasteiger partial charge in [0.05, 0.1) is 17.3 Å². The molecular formula is C19H20N4O3. The molecule has 0 fully saturated rings. The molecule has 0 saturated carbocycles. The van der Waals surface area contributed by atoms with Crippen LogP contribution in [0, 0.1) is 6.92 Å². The fourth-order valence-corrected chi connectivity index (χ4v) is 2.77. The lowest BCUT2D eigenvalue weighted by Gasteiger charge is -2.09. The number of rotatable bonds is 4. The summed E-state index contributed by atoms with van der Waals surface area (Å²) in [6.07, 6.45) is 2.40. The molecule has 1 amide bonds. The summed E-state index contributed by atoms with van der Waals surface area (Å²) in [4.78, 5) is 40.5. The van der Waals surface area contributed by atoms with Crippen LogP contribution >= 0.6 is 0 Å². The van der Waals surface area contributed by atoms with E-state index in [0.29, 0.717) is 18.5 Å². The number of anilines is 1. The quantitative estimate of drug-likeness (QED) is 0.771. The van der Waals surface area contributed by atoms with E-state index >= 15 is 0 Å². The third kappa shape index (κ3) is 3.42. The summed E-state index contributed by atoms with van der Waals surface area (Å²) in [5.41, 5.74) is 2.11. The van der Waals surface area contributed by atoms with E-state index < -0.39 is 11.2 Å². The van der Waals surface area contributed by atoms with E-state index in [0.717, 1.165) is 10.1 Å². The first-order chi connectivity index (χ1) is 12.4. The van der Waals surface area contributed by atoms with Gasteiger partial charge in [-0.25, -0.2) is 9.78 Å². The van der Waals surface area contributed by atoms with Gasteiger partial charge in [-0.1, -0.05) is 29.8 Å². The van der Waals surface area contributed by atoms with Gasteiger partial charge in [-0.2, -0.15) is 0 Å². The second-order valence-electron chi connectivity index (χ2n) is 6.33. The van der Waals surface area contributed by atoms with Gasteiger partial charge in [0.1, 0.15) is 5.65 Å². The smallest absolute Gasteiger partial charge is 0.325 e. The molecule has 134 valence electrons. The summed E-state index contributed by atoms with van der Waals surface area (Å²) in [5, 5.41) is 3.04. The number of amides is 1. The predicted octanol–water partition coefficient (Wildman–Crippen LogP) is 1.51. The minimum absolute atomic E-state index is 0.159. The molecule has 7 nitrogen and oxygen atoms in total. The van der Waals surface area contributed by atoms with E-state index in [1.165, 1.54) is 23.4 Å². The van der Waals surface area contributed by atoms with Gasteiger partial charge in [-0.15, -0.1) is 0 Å². The lowest BCUT2D eigenvalue weighted by Crippen LogP contribution is -2.37. The number of nitrogens with one attached hydrogen (secondary N) is 1. The topological polar surface area (TPSA) is 86.0 Å². The van der Waals surface area contributed by atoms with Crippen molar-refractivity contribution in [2.45, 2.75) is 19.8 Å². The van der Waals surface area contributed by atoms with Crippen LogP contribution in [0.2, 0.25) is 0 Å². The molecule has 0 atom stereocenters. The van der Waals surface area contributed by atoms with Crippen molar-refractivity contribution >= 4 is 22.6 Å². The number of pyridine rings is 1. The SMILES string of the molecule is Cc1ccc(CCC(=O)Nc2cnc3c(c2)c(=O)n(C)c(=O)n3C)cc1. The van der Waals surface area contributed by atoms with Crippen molar-refractivity contribution in [1.29, 1.82) is 0 Å². The molecule has 0 radical (unpaired) electrons. The van der Waals surface area contributed by atoms with E-state index in [-0.39, 0.29) is 16.9 Å². The highest BCUT2D eigenvalue weighted by Gasteiger charge is 2.11. The fourth-order valence-electron chi connectivity index (χ4n) is 2.77. The van der Waals surface area contributed by atoms with Gasteiger partial charge in [-0.05, 0) is 25.0 Å². The number of carbonyl (C=O) groups excluding carboxylic acids is 1. The molecule has 0 aliphatic rings. The van der Waals surface area contributed by atoms with Crippen molar-refractivity contribution in [3.8, 4) is 0 Å². The number of carbonyl (C=O) groups is 1. The van der Waals surface area contributed by atoms with Crippen LogP contribution in [-0.2, 0) is 25.3 Å². The molecule has 0 spiro atoms. The van der Waals surface area contributed by atoms with Crippen LogP contribution in [-0.4, -0.2) is 20.0 Å². The van der Waals surface area contributed by atoms with Gasteiger partial charge in [-0.3, -0.25) is 18.7 Å². The average molecular weight is 352 g/mol. The third-order valence-corrected chi connectivity index (χ3v) is 4.34. The number of aromatic nitrogens is 3. The summed E-state index contributed by atoms with van der Waals surface area (Å²) in [6, 6.07) is 9.59. The van der Waals surface area contributed by atoms with Crippen LogP contribution in [0.25, 0.3) is 11.0 Å². The molecule has 2 aromatic heterocycles. The molecule has 1 aromatic carbocycles. The molecule has 0 unspecified atom stereocenters. The number of nitrogens with zero attached hydrogens (tertiary/aromatic N) is 3. The van der Waals surface area contributed by atoms with Crippen molar-refractivity contribution < 1.29 is 4.79 Å². The van der Waals surface area contributed by atoms with Gasteiger partial charge in [0, 0.05) is 20.5 Å². The average Bonchev–Trinajstić information content (AvgIpc) is 2.64. The molecule has 26 heavy (non-hydrogen) atoms. The Labute approximate surface area is 149 Å². The molecule has 3 rings (SSSR count). The van der Waals surface area contributed by atoms with E-state index in [1.807, 2.05) is 31.2 Å². The summed E-state index contributed by atoms with van der Waals surface area (Å²) in [5.74, 6) is -0.159. The first-order valence-electron chi connectivity index (χ1n) is 8.28. The van der Waals surface area contributed by atoms with Crippen LogP contribution < -0.4 is 16.6 Å². The molecule has 0 aliphatic heterocycles. The Balaban J connectivity index is 1.78. The maximum Gasteiger partial charge on any atom is 0.332 e. The van der Waals surface area contributed by atoms with E-state index in [2.05, 4.69) is 10.3 Å². The molecular weight excluding hydrogens is 332 g/mol. The zero-order chi connectivity index (χ0) is 18.8. The highest BCUT2D eigenvalue weighted by Crippen LogP contribution is 2.13. The maximum atomic E-state index is 12.3. The summed E-state index contributed by atoms with van der Waals surface area (Å²) in [7, 11) is 2.97. The van der Waals surface area contributed by atoms with Crippen LogP contribution in [0.3, 0.4) is 0 Å². The summed E-state index contributed by atoms with van der Waals surface area (Å²) >= 11 is 0. The van der Waals surface area contributed by atoms with E-state index in [1.54, 1.807) is 13.1 Å². The lowest BCUT2D eigenvalue weighted by atomic mass is 10.1. The first kappa shape index (κ1) is 17.6. The number of hydrogen-bond acceptors (Lipinski definition) is 4. The monoisotopic (exact) mass is 352 g/mol. The van der Waals surface area contributed by atoms with E-state index in [4.69, 9.17) is 0 Å². The van der Waals surface area contributed by atoms with Crippen LogP contribution in [0.15, 0.2) is 46.1 Å². The van der Waals surface area contributed by atoms with Gasteiger partial charge >= 0.3 is 5.69 Å². The van der Waals surface area contributed by atoms with Crippen molar-refractivity contribution in [2.24, 2.45) is 14.1 Å². The molecule has 2 heterocycles. The minimum atomic E-state index is -0.440. The van der Waals surface area contributed by atoms with Gasteiger partial charge < -0.3 is 5.32 Å². The zero-order valence-electron chi connectivity index (χ0n) is 14.9. The Morgan fingerprint density at radius 1 is 1.12 bits per heavy atom. The highest BCUT2D eigenvalue weighted by atomic mass is 16.2. The molecule has 7 heteroatoms. The van der Waals surface area contributed by atoms with Gasteiger partial charge in [0.25, 0.3) is 5.56 Å². The fraction of sp³-hybridized carbons (Fsp3) is 0.263. The summed E-state index contributed by atoms with van der Waals surface area (Å²) in [6.45, 7) is 2.02. The number of hydrogen-bond donors (Lipinski definition) is 1. The maximum absolute atomic E-state index is 12.3. The number of benzene rings is 1. The lowest BCUT2D eigenvalue weighted by molar-refractivity contribution is -0.116. The van der Waals surface area contributed by atoms with Crippen molar-refractivity contribution in [3.63, 3.8) is 0 Å². The van der Waals surface area contributed by atoms with Gasteiger partial charge in [0.15, 0.2) is 0 Å². The Bertz CT molecular complexity index is 1090. The number of aryl methyl sites for hydroxylation is 3. The third-order valence-electron chi connectivity index (χ3n) is 4.34. The highest BCUT2D eigenvalue weighted by molar-refractivity contribution is 5.92. The molecule has 1 N–H and O–H groups in total. The van der Waals surface area contributed by atoms with Crippen LogP contribution in [0.1, 0.15) is 17.5 Å². The predicted molar refractivity (Wildman–Crippen MR) is 100 cm³/mol. The minimum Gasteiger partial charge on any atom is -0.325 e. The largest absolute Gasteiger partial charge is 0.332 e. The standard InChI is InChI=1S/C19H20N4O3/c1-12-4-6-13(7-5-12)8-9-16(24)21-14-10-15-17(20-11-14)22(2)19(26)23(3)18(15)25/h4-7,10-11H,8-9H2,1-3H3,(H,21,24). The molecule has 3 aromatic rings. The van der Waals surface area contributed by atoms with E-state index in [9.17, 15) is 14.4 Å². The van der Waals surface area contributed by atoms with Crippen LogP contribution in [0.5, 0.6) is 0 Å². The molecule has 0 aliphatic carbocycles. The first-order valence-corrected chi connectivity index (χ1v) is 8.28.